The minimum absolute atomic E-state index is 0.596. The van der Waals surface area contributed by atoms with Crippen LogP contribution in [-0.2, 0) is 9.59 Å². The minimum Gasteiger partial charge on any atom is -0.475 e. The molecule has 0 radical (unpaired) electrons. The van der Waals surface area contributed by atoms with E-state index in [-0.39, 0.29) is 0 Å². The summed E-state index contributed by atoms with van der Waals surface area (Å²) in [5.41, 5.74) is 1.25. The second-order valence-corrected chi connectivity index (χ2v) is 7.22. The number of likely N-dealkylation sites (tertiary alicyclic amines) is 1. The van der Waals surface area contributed by atoms with Crippen molar-refractivity contribution in [1.29, 1.82) is 0 Å². The molecule has 1 aliphatic heterocycles. The largest absolute Gasteiger partial charge is 0.475 e. The third-order valence-corrected chi connectivity index (χ3v) is 5.11. The van der Waals surface area contributed by atoms with Crippen LogP contribution in [0.5, 0.6) is 5.88 Å². The minimum atomic E-state index is -1.82. The van der Waals surface area contributed by atoms with Crippen molar-refractivity contribution in [3.05, 3.63) is 11.8 Å². The van der Waals surface area contributed by atoms with Crippen molar-refractivity contribution in [3.8, 4) is 5.88 Å². The van der Waals surface area contributed by atoms with Gasteiger partial charge in [0.15, 0.2) is 0 Å². The highest BCUT2D eigenvalue weighted by Crippen LogP contribution is 2.29. The number of ether oxygens (including phenoxy) is 1. The molecule has 1 saturated carbocycles. The number of hydrogen-bond acceptors (Lipinski definition) is 5. The molecule has 2 heterocycles. The zero-order valence-electron chi connectivity index (χ0n) is 16.1. The van der Waals surface area contributed by atoms with E-state index in [1.807, 2.05) is 0 Å². The molecule has 2 aliphatic rings. The third kappa shape index (κ3) is 7.21. The Balaban J connectivity index is 0.000000380. The first-order valence-electron chi connectivity index (χ1n) is 9.85. The van der Waals surface area contributed by atoms with Gasteiger partial charge in [-0.05, 0) is 45.7 Å². The van der Waals surface area contributed by atoms with E-state index >= 15 is 0 Å². The van der Waals surface area contributed by atoms with Gasteiger partial charge in [-0.25, -0.2) is 9.59 Å². The maximum atomic E-state index is 9.10. The Morgan fingerprint density at radius 1 is 1.07 bits per heavy atom. The summed E-state index contributed by atoms with van der Waals surface area (Å²) in [4.78, 5) is 20.7. The smallest absolute Gasteiger partial charge is 0.414 e. The molecular weight excluding hydrogens is 350 g/mol. The summed E-state index contributed by atoms with van der Waals surface area (Å²) < 4.78 is 8.09. The van der Waals surface area contributed by atoms with Gasteiger partial charge in [-0.3, -0.25) is 9.58 Å². The van der Waals surface area contributed by atoms with Gasteiger partial charge >= 0.3 is 11.9 Å². The van der Waals surface area contributed by atoms with E-state index in [9.17, 15) is 0 Å². The predicted octanol–water partition coefficient (Wildman–Crippen LogP) is 2.72. The first kappa shape index (κ1) is 21.2. The average Bonchev–Trinajstić information content (AvgIpc) is 3.04. The van der Waals surface area contributed by atoms with E-state index in [1.54, 1.807) is 0 Å². The van der Waals surface area contributed by atoms with Crippen molar-refractivity contribution in [2.45, 2.75) is 64.3 Å². The number of carboxylic acid groups (broad SMARTS) is 2. The molecule has 27 heavy (non-hydrogen) atoms. The fraction of sp³-hybridized carbons (Fsp3) is 0.737. The summed E-state index contributed by atoms with van der Waals surface area (Å²) in [7, 11) is 0. The third-order valence-electron chi connectivity index (χ3n) is 5.11. The number of nitrogens with zero attached hydrogens (tertiary/aromatic N) is 3. The van der Waals surface area contributed by atoms with Crippen molar-refractivity contribution in [2.75, 3.05) is 26.2 Å². The second kappa shape index (κ2) is 10.9. The van der Waals surface area contributed by atoms with Crippen LogP contribution in [0, 0.1) is 6.92 Å². The first-order valence-corrected chi connectivity index (χ1v) is 9.85. The van der Waals surface area contributed by atoms with Gasteiger partial charge in [0.05, 0.1) is 6.04 Å². The highest BCUT2D eigenvalue weighted by molar-refractivity contribution is 6.27. The van der Waals surface area contributed by atoms with Gasteiger partial charge in [0, 0.05) is 18.3 Å². The molecule has 1 aromatic rings. The van der Waals surface area contributed by atoms with Crippen LogP contribution in [-0.4, -0.2) is 63.1 Å². The second-order valence-electron chi connectivity index (χ2n) is 7.22. The van der Waals surface area contributed by atoms with Crippen LogP contribution in [0.1, 0.15) is 63.1 Å². The quantitative estimate of drug-likeness (QED) is 0.756. The SMILES string of the molecule is Cc1cc(OCCN2CCCCC2)nn1C1CCCCC1.O=C(O)C(=O)O. The number of carboxylic acids is 2. The Kier molecular flexibility index (Phi) is 8.57. The zero-order chi connectivity index (χ0) is 19.6. The number of aliphatic carboxylic acids is 2. The number of piperidine rings is 1. The van der Waals surface area contributed by atoms with Crippen LogP contribution in [0.3, 0.4) is 0 Å². The Bertz CT molecular complexity index is 592. The van der Waals surface area contributed by atoms with Crippen LogP contribution in [0.4, 0.5) is 0 Å². The molecule has 152 valence electrons. The molecule has 2 fully saturated rings. The standard InChI is InChI=1S/C17H29N3O.C2H2O4/c1-15-14-17(18-20(15)16-8-4-2-5-9-16)21-13-12-19-10-6-3-7-11-19;3-1(4)2(5)6/h14,16H,2-13H2,1H3;(H,3,4)(H,5,6). The lowest BCUT2D eigenvalue weighted by molar-refractivity contribution is -0.159. The van der Waals surface area contributed by atoms with Crippen molar-refractivity contribution in [2.24, 2.45) is 0 Å². The van der Waals surface area contributed by atoms with Crippen LogP contribution in [0.15, 0.2) is 6.07 Å². The van der Waals surface area contributed by atoms with Crippen LogP contribution >= 0.6 is 0 Å². The Labute approximate surface area is 160 Å². The number of aryl methyl sites for hydroxylation is 1. The Morgan fingerprint density at radius 2 is 1.67 bits per heavy atom. The van der Waals surface area contributed by atoms with Crippen molar-refractivity contribution in [3.63, 3.8) is 0 Å². The monoisotopic (exact) mass is 381 g/mol. The molecule has 0 unspecified atom stereocenters. The summed E-state index contributed by atoms with van der Waals surface area (Å²) in [5.74, 6) is -2.83. The summed E-state index contributed by atoms with van der Waals surface area (Å²) in [6.45, 7) is 6.42. The molecule has 0 amide bonds. The Morgan fingerprint density at radius 3 is 2.26 bits per heavy atom. The van der Waals surface area contributed by atoms with E-state index in [0.717, 1.165) is 19.0 Å². The molecule has 0 atom stereocenters. The van der Waals surface area contributed by atoms with Crippen LogP contribution in [0.2, 0.25) is 0 Å². The highest BCUT2D eigenvalue weighted by atomic mass is 16.5. The number of aromatic nitrogens is 2. The van der Waals surface area contributed by atoms with Gasteiger partial charge in [0.1, 0.15) is 6.61 Å². The molecular formula is C19H31N3O5. The molecule has 1 saturated heterocycles. The average molecular weight is 381 g/mol. The zero-order valence-corrected chi connectivity index (χ0v) is 16.1. The molecule has 0 spiro atoms. The van der Waals surface area contributed by atoms with Gasteiger partial charge < -0.3 is 14.9 Å². The van der Waals surface area contributed by atoms with Crippen LogP contribution < -0.4 is 4.74 Å². The highest BCUT2D eigenvalue weighted by Gasteiger charge is 2.19. The van der Waals surface area contributed by atoms with Crippen molar-refractivity contribution in [1.82, 2.24) is 14.7 Å². The van der Waals surface area contributed by atoms with Crippen molar-refractivity contribution < 1.29 is 24.5 Å². The topological polar surface area (TPSA) is 105 Å². The normalized spacial score (nSPS) is 18.4. The number of carbonyl (C=O) groups is 2. The van der Waals surface area contributed by atoms with E-state index < -0.39 is 11.9 Å². The maximum absolute atomic E-state index is 9.10. The molecule has 8 nitrogen and oxygen atoms in total. The fourth-order valence-electron chi connectivity index (χ4n) is 3.69. The van der Waals surface area contributed by atoms with Gasteiger partial charge in [0.25, 0.3) is 0 Å². The lowest BCUT2D eigenvalue weighted by Gasteiger charge is -2.25. The lowest BCUT2D eigenvalue weighted by atomic mass is 9.95. The molecule has 2 N–H and O–H groups in total. The van der Waals surface area contributed by atoms with Gasteiger partial charge in [-0.15, -0.1) is 5.10 Å². The Hall–Kier alpha value is -2.09. The molecule has 0 aromatic carbocycles. The first-order chi connectivity index (χ1) is 13.0. The number of hydrogen-bond donors (Lipinski definition) is 2. The molecule has 1 aliphatic carbocycles. The van der Waals surface area contributed by atoms with Crippen LogP contribution in [0.25, 0.3) is 0 Å². The van der Waals surface area contributed by atoms with E-state index in [2.05, 4.69) is 22.6 Å². The number of rotatable bonds is 5. The lowest BCUT2D eigenvalue weighted by Crippen LogP contribution is -2.33. The van der Waals surface area contributed by atoms with Gasteiger partial charge in [-0.1, -0.05) is 25.7 Å². The fourth-order valence-corrected chi connectivity index (χ4v) is 3.69. The van der Waals surface area contributed by atoms with Gasteiger partial charge in [0.2, 0.25) is 5.88 Å². The van der Waals surface area contributed by atoms with E-state index in [4.69, 9.17) is 29.6 Å². The summed E-state index contributed by atoms with van der Waals surface area (Å²) >= 11 is 0. The molecule has 3 rings (SSSR count). The summed E-state index contributed by atoms with van der Waals surface area (Å²) in [6.07, 6.45) is 10.7. The maximum Gasteiger partial charge on any atom is 0.414 e. The predicted molar refractivity (Wildman–Crippen MR) is 100 cm³/mol. The molecule has 8 heteroatoms. The summed E-state index contributed by atoms with van der Waals surface area (Å²) in [5, 5.41) is 19.5. The van der Waals surface area contributed by atoms with Gasteiger partial charge in [-0.2, -0.15) is 0 Å². The molecule has 1 aromatic heterocycles. The van der Waals surface area contributed by atoms with E-state index in [1.165, 1.54) is 70.2 Å². The summed E-state index contributed by atoms with van der Waals surface area (Å²) in [6, 6.07) is 2.70. The van der Waals surface area contributed by atoms with E-state index in [0.29, 0.717) is 6.04 Å². The molecule has 0 bridgehead atoms. The van der Waals surface area contributed by atoms with Crippen molar-refractivity contribution >= 4 is 11.9 Å².